The third kappa shape index (κ3) is 67.5. The van der Waals surface area contributed by atoms with Gasteiger partial charge in [0, 0.05) is 12.8 Å². The molecule has 0 rings (SSSR count). The van der Waals surface area contributed by atoms with E-state index >= 15 is 0 Å². The van der Waals surface area contributed by atoms with E-state index in [9.17, 15) is 19.8 Å². The quantitative estimate of drug-likeness (QED) is 0.0320. The van der Waals surface area contributed by atoms with Crippen molar-refractivity contribution in [2.75, 3.05) is 13.2 Å². The van der Waals surface area contributed by atoms with Crippen molar-refractivity contribution in [3.63, 3.8) is 0 Å². The normalized spacial score (nSPS) is 12.6. The van der Waals surface area contributed by atoms with Crippen LogP contribution in [0.2, 0.25) is 0 Å². The van der Waals surface area contributed by atoms with Crippen LogP contribution in [-0.2, 0) is 14.3 Å². The van der Waals surface area contributed by atoms with E-state index in [0.717, 1.165) is 44.9 Å². The van der Waals surface area contributed by atoms with Gasteiger partial charge in [0.1, 0.15) is 0 Å². The summed E-state index contributed by atoms with van der Waals surface area (Å²) >= 11 is 0. The summed E-state index contributed by atoms with van der Waals surface area (Å²) in [6, 6.07) is -0.543. The molecule has 0 heterocycles. The van der Waals surface area contributed by atoms with Crippen LogP contribution in [0.5, 0.6) is 0 Å². The molecule has 0 aliphatic carbocycles. The molecule has 0 fully saturated rings. The number of esters is 1. The monoisotopic (exact) mass is 1150 g/mol. The molecule has 6 nitrogen and oxygen atoms in total. The number of unbranched alkanes of at least 4 members (excludes halogenated alkanes) is 56. The van der Waals surface area contributed by atoms with E-state index < -0.39 is 12.1 Å². The number of nitrogens with one attached hydrogen (secondary N) is 1. The Bertz CT molecular complexity index is 1280. The Morgan fingerprint density at radius 2 is 0.573 bits per heavy atom. The van der Waals surface area contributed by atoms with E-state index in [1.807, 2.05) is 0 Å². The van der Waals surface area contributed by atoms with Crippen LogP contribution < -0.4 is 5.32 Å². The summed E-state index contributed by atoms with van der Waals surface area (Å²) in [4.78, 5) is 24.6. The third-order valence-electron chi connectivity index (χ3n) is 17.7. The molecule has 0 saturated heterocycles. The second-order valence-corrected chi connectivity index (χ2v) is 26.0. The minimum atomic E-state index is -0.666. The lowest BCUT2D eigenvalue weighted by molar-refractivity contribution is -0.143. The lowest BCUT2D eigenvalue weighted by Gasteiger charge is -2.22. The maximum absolute atomic E-state index is 12.6. The van der Waals surface area contributed by atoms with Crippen molar-refractivity contribution in [3.8, 4) is 0 Å². The highest BCUT2D eigenvalue weighted by atomic mass is 16.5. The van der Waals surface area contributed by atoms with Gasteiger partial charge in [0.05, 0.1) is 25.4 Å². The fourth-order valence-electron chi connectivity index (χ4n) is 12.0. The summed E-state index contributed by atoms with van der Waals surface area (Å²) in [7, 11) is 0. The molecule has 0 aliphatic rings. The number of ether oxygens (including phenoxy) is 1. The van der Waals surface area contributed by atoms with Crippen molar-refractivity contribution < 1.29 is 24.5 Å². The molecule has 82 heavy (non-hydrogen) atoms. The Hall–Kier alpha value is -1.66. The topological polar surface area (TPSA) is 95.9 Å². The van der Waals surface area contributed by atoms with E-state index in [0.29, 0.717) is 25.9 Å². The smallest absolute Gasteiger partial charge is 0.305 e. The second-order valence-electron chi connectivity index (χ2n) is 26.0. The summed E-state index contributed by atoms with van der Waals surface area (Å²) in [5, 5.41) is 23.5. The van der Waals surface area contributed by atoms with Crippen LogP contribution in [0, 0.1) is 0 Å². The van der Waals surface area contributed by atoms with E-state index in [1.54, 1.807) is 0 Å². The summed E-state index contributed by atoms with van der Waals surface area (Å²) in [6.45, 7) is 4.98. The van der Waals surface area contributed by atoms with E-state index in [-0.39, 0.29) is 18.5 Å². The molecule has 6 heteroatoms. The fraction of sp³-hybridized carbons (Fsp3) is 0.921. The van der Waals surface area contributed by atoms with Gasteiger partial charge in [-0.1, -0.05) is 359 Å². The first-order valence-electron chi connectivity index (χ1n) is 37.6. The number of rotatable bonds is 71. The molecule has 0 aromatic rings. The SMILES string of the molecule is CCCCCCC/C=C\CCCCCCCC(=O)OCCCCCCCCCCCCCC/C=C\CCCCCCCCCCCCCCC(=O)NC(CO)C(O)CCCCCCCCCCCCCCCCCCCCCCCCC. The van der Waals surface area contributed by atoms with E-state index in [4.69, 9.17) is 4.74 Å². The van der Waals surface area contributed by atoms with Crippen molar-refractivity contribution in [2.45, 2.75) is 437 Å². The highest BCUT2D eigenvalue weighted by Gasteiger charge is 2.20. The maximum atomic E-state index is 12.6. The van der Waals surface area contributed by atoms with Crippen LogP contribution >= 0.6 is 0 Å². The zero-order valence-corrected chi connectivity index (χ0v) is 55.8. The molecule has 2 unspecified atom stereocenters. The first-order chi connectivity index (χ1) is 40.5. The van der Waals surface area contributed by atoms with Gasteiger partial charge in [-0.2, -0.15) is 0 Å². The average molecular weight is 1160 g/mol. The molecule has 486 valence electrons. The molecule has 0 aliphatic heterocycles. The van der Waals surface area contributed by atoms with Crippen LogP contribution in [0.15, 0.2) is 24.3 Å². The largest absolute Gasteiger partial charge is 0.466 e. The number of allylic oxidation sites excluding steroid dienone is 4. The van der Waals surface area contributed by atoms with Gasteiger partial charge in [-0.05, 0) is 77.0 Å². The lowest BCUT2D eigenvalue weighted by Crippen LogP contribution is -2.45. The molecule has 3 N–H and O–H groups in total. The first kappa shape index (κ1) is 80.3. The number of aliphatic hydroxyl groups excluding tert-OH is 2. The number of hydrogen-bond donors (Lipinski definition) is 3. The fourth-order valence-corrected chi connectivity index (χ4v) is 12.0. The van der Waals surface area contributed by atoms with Crippen molar-refractivity contribution in [1.82, 2.24) is 5.32 Å². The molecule has 0 radical (unpaired) electrons. The summed E-state index contributed by atoms with van der Waals surface area (Å²) in [6.07, 6.45) is 91.0. The Labute approximate surface area is 513 Å². The second kappa shape index (κ2) is 71.8. The Morgan fingerprint density at radius 1 is 0.329 bits per heavy atom. The van der Waals surface area contributed by atoms with Crippen LogP contribution in [0.4, 0.5) is 0 Å². The third-order valence-corrected chi connectivity index (χ3v) is 17.7. The molecule has 1 amide bonds. The maximum Gasteiger partial charge on any atom is 0.305 e. The number of aliphatic hydroxyl groups is 2. The summed E-state index contributed by atoms with van der Waals surface area (Å²) < 4.78 is 5.49. The van der Waals surface area contributed by atoms with Crippen molar-refractivity contribution in [1.29, 1.82) is 0 Å². The molecule has 0 aromatic heterocycles. The van der Waals surface area contributed by atoms with Gasteiger partial charge in [-0.15, -0.1) is 0 Å². The van der Waals surface area contributed by atoms with E-state index in [1.165, 1.54) is 347 Å². The predicted octanol–water partition coefficient (Wildman–Crippen LogP) is 24.5. The number of carbonyl (C=O) groups excluding carboxylic acids is 2. The molecule has 0 bridgehead atoms. The lowest BCUT2D eigenvalue weighted by atomic mass is 10.0. The average Bonchev–Trinajstić information content (AvgIpc) is 3.48. The number of amides is 1. The summed E-state index contributed by atoms with van der Waals surface area (Å²) in [5.41, 5.74) is 0. The van der Waals surface area contributed by atoms with Gasteiger partial charge in [0.25, 0.3) is 0 Å². The van der Waals surface area contributed by atoms with Gasteiger partial charge in [-0.3, -0.25) is 9.59 Å². The van der Waals surface area contributed by atoms with Crippen LogP contribution in [0.3, 0.4) is 0 Å². The molecular formula is C76H147NO5. The molecule has 0 aromatic carbocycles. The highest BCUT2D eigenvalue weighted by molar-refractivity contribution is 5.76. The van der Waals surface area contributed by atoms with Crippen molar-refractivity contribution >= 4 is 11.9 Å². The number of hydrogen-bond acceptors (Lipinski definition) is 5. The number of carbonyl (C=O) groups is 2. The van der Waals surface area contributed by atoms with Crippen LogP contribution in [0.1, 0.15) is 425 Å². The molecular weight excluding hydrogens is 1010 g/mol. The Balaban J connectivity index is 3.38. The van der Waals surface area contributed by atoms with Crippen LogP contribution in [0.25, 0.3) is 0 Å². The van der Waals surface area contributed by atoms with Crippen molar-refractivity contribution in [2.24, 2.45) is 0 Å². The highest BCUT2D eigenvalue weighted by Crippen LogP contribution is 2.19. The molecule has 2 atom stereocenters. The zero-order valence-electron chi connectivity index (χ0n) is 55.8. The van der Waals surface area contributed by atoms with Crippen molar-refractivity contribution in [3.05, 3.63) is 24.3 Å². The molecule has 0 spiro atoms. The van der Waals surface area contributed by atoms with Gasteiger partial charge in [0.2, 0.25) is 5.91 Å². The van der Waals surface area contributed by atoms with Gasteiger partial charge in [-0.25, -0.2) is 0 Å². The zero-order chi connectivity index (χ0) is 59.2. The van der Waals surface area contributed by atoms with Gasteiger partial charge in [0.15, 0.2) is 0 Å². The van der Waals surface area contributed by atoms with E-state index in [2.05, 4.69) is 43.5 Å². The minimum Gasteiger partial charge on any atom is -0.466 e. The summed E-state index contributed by atoms with van der Waals surface area (Å²) in [5.74, 6) is -0.0216. The first-order valence-corrected chi connectivity index (χ1v) is 37.6. The Kier molecular flexibility index (Phi) is 70.4. The predicted molar refractivity (Wildman–Crippen MR) is 361 cm³/mol. The van der Waals surface area contributed by atoms with Gasteiger partial charge < -0.3 is 20.3 Å². The standard InChI is InChI=1S/C76H147NO5/c1-3-5-7-9-11-13-15-17-19-20-21-22-29-32-35-38-41-44-48-52-56-60-64-68-74(79)73(72-78)77-75(80)69-65-61-57-53-49-45-42-39-36-33-30-27-25-23-24-26-28-31-34-37-40-43-47-51-55-59-63-67-71-82-76(81)70-66-62-58-54-50-46-18-16-14-12-10-8-6-4-2/h16,18,23-24,73-74,78-79H,3-15,17,19-22,25-72H2,1-2H3,(H,77,80)/b18-16-,24-23-. The molecule has 0 saturated carbocycles. The Morgan fingerprint density at radius 3 is 0.866 bits per heavy atom. The minimum absolute atomic E-state index is 0.00820. The van der Waals surface area contributed by atoms with Crippen LogP contribution in [-0.4, -0.2) is 47.4 Å². The van der Waals surface area contributed by atoms with Gasteiger partial charge >= 0.3 is 5.97 Å².